The summed E-state index contributed by atoms with van der Waals surface area (Å²) in [4.78, 5) is 13.5. The molecule has 0 radical (unpaired) electrons. The maximum Gasteiger partial charge on any atom is 0.303 e. The summed E-state index contributed by atoms with van der Waals surface area (Å²) in [5.41, 5.74) is 5.51. The van der Waals surface area contributed by atoms with E-state index in [0.29, 0.717) is 12.0 Å². The maximum absolute atomic E-state index is 10.9. The summed E-state index contributed by atoms with van der Waals surface area (Å²) in [5.74, 6) is -0.182. The van der Waals surface area contributed by atoms with E-state index < -0.39 is 5.97 Å². The van der Waals surface area contributed by atoms with Gasteiger partial charge in [0.1, 0.15) is 0 Å². The molecule has 1 fully saturated rings. The fraction of sp³-hybridized carbons (Fsp3) is 0.381. The first-order valence-electron chi connectivity index (χ1n) is 8.88. The summed E-state index contributed by atoms with van der Waals surface area (Å²) in [6, 6.07) is 17.8. The van der Waals surface area contributed by atoms with Gasteiger partial charge in [0.25, 0.3) is 0 Å². The molecule has 4 rings (SSSR count). The molecule has 3 nitrogen and oxygen atoms in total. The molecule has 124 valence electrons. The van der Waals surface area contributed by atoms with Crippen molar-refractivity contribution in [1.82, 2.24) is 4.90 Å². The molecular weight excluding hydrogens is 298 g/mol. The number of carboxylic acids is 1. The van der Waals surface area contributed by atoms with Gasteiger partial charge >= 0.3 is 5.97 Å². The van der Waals surface area contributed by atoms with Crippen LogP contribution in [0.25, 0.3) is 11.1 Å². The first kappa shape index (κ1) is 15.4. The van der Waals surface area contributed by atoms with Crippen molar-refractivity contribution in [2.45, 2.75) is 31.7 Å². The van der Waals surface area contributed by atoms with Crippen LogP contribution in [-0.4, -0.2) is 29.1 Å². The topological polar surface area (TPSA) is 40.5 Å². The molecule has 1 aliphatic carbocycles. The molecule has 1 atom stereocenters. The van der Waals surface area contributed by atoms with Gasteiger partial charge in [0.2, 0.25) is 0 Å². The van der Waals surface area contributed by atoms with Crippen LogP contribution in [0.4, 0.5) is 0 Å². The third-order valence-corrected chi connectivity index (χ3v) is 5.48. The lowest BCUT2D eigenvalue weighted by Crippen LogP contribution is -2.38. The minimum absolute atomic E-state index is 0.288. The average molecular weight is 321 g/mol. The van der Waals surface area contributed by atoms with Gasteiger partial charge in [0.05, 0.1) is 6.04 Å². The predicted octanol–water partition coefficient (Wildman–Crippen LogP) is 4.33. The first-order chi connectivity index (χ1) is 11.7. The summed E-state index contributed by atoms with van der Waals surface area (Å²) in [5, 5.41) is 8.97. The van der Waals surface area contributed by atoms with Crippen LogP contribution in [0.5, 0.6) is 0 Å². The van der Waals surface area contributed by atoms with E-state index in [1.165, 1.54) is 22.3 Å². The fourth-order valence-electron chi connectivity index (χ4n) is 4.42. The zero-order valence-electron chi connectivity index (χ0n) is 13.8. The van der Waals surface area contributed by atoms with Gasteiger partial charge in [-0.25, -0.2) is 0 Å². The molecule has 2 aromatic rings. The fourth-order valence-corrected chi connectivity index (χ4v) is 4.42. The van der Waals surface area contributed by atoms with E-state index in [1.54, 1.807) is 0 Å². The van der Waals surface area contributed by atoms with Crippen molar-refractivity contribution in [2.75, 3.05) is 13.1 Å². The molecule has 1 N–H and O–H groups in total. The molecular formula is C21H23NO2. The number of nitrogens with zero attached hydrogens (tertiary/aromatic N) is 1. The average Bonchev–Trinajstić information content (AvgIpc) is 2.95. The Kier molecular flexibility index (Phi) is 4.11. The highest BCUT2D eigenvalue weighted by Gasteiger charge is 2.34. The normalized spacial score (nSPS) is 20.6. The predicted molar refractivity (Wildman–Crippen MR) is 94.9 cm³/mol. The van der Waals surface area contributed by atoms with E-state index >= 15 is 0 Å². The molecule has 3 heteroatoms. The Morgan fingerprint density at radius 1 is 1.04 bits per heavy atom. The standard InChI is InChI=1S/C21H23NO2/c23-20(24)12-11-15-6-5-13-22(14-15)21-18-9-3-1-7-16(18)17-8-2-4-10-19(17)21/h1-4,7-10,15,21H,5-6,11-14H2,(H,23,24). The number of benzene rings is 2. The van der Waals surface area contributed by atoms with Crippen molar-refractivity contribution in [2.24, 2.45) is 5.92 Å². The van der Waals surface area contributed by atoms with Gasteiger partial charge in [-0.1, -0.05) is 48.5 Å². The minimum Gasteiger partial charge on any atom is -0.481 e. The number of hydrogen-bond donors (Lipinski definition) is 1. The first-order valence-corrected chi connectivity index (χ1v) is 8.88. The van der Waals surface area contributed by atoms with Crippen LogP contribution in [-0.2, 0) is 4.79 Å². The zero-order valence-corrected chi connectivity index (χ0v) is 13.8. The van der Waals surface area contributed by atoms with Crippen LogP contribution in [0.15, 0.2) is 48.5 Å². The highest BCUT2D eigenvalue weighted by atomic mass is 16.4. The van der Waals surface area contributed by atoms with Crippen LogP contribution < -0.4 is 0 Å². The maximum atomic E-state index is 10.9. The van der Waals surface area contributed by atoms with E-state index in [4.69, 9.17) is 5.11 Å². The second kappa shape index (κ2) is 6.40. The van der Waals surface area contributed by atoms with Crippen LogP contribution in [0, 0.1) is 5.92 Å². The zero-order chi connectivity index (χ0) is 16.5. The summed E-state index contributed by atoms with van der Waals surface area (Å²) < 4.78 is 0. The number of likely N-dealkylation sites (tertiary alicyclic amines) is 1. The Hall–Kier alpha value is -2.13. The Morgan fingerprint density at radius 2 is 1.67 bits per heavy atom. The molecule has 1 heterocycles. The van der Waals surface area contributed by atoms with E-state index in [9.17, 15) is 4.79 Å². The number of carbonyl (C=O) groups is 1. The van der Waals surface area contributed by atoms with Crippen LogP contribution in [0.2, 0.25) is 0 Å². The van der Waals surface area contributed by atoms with Crippen molar-refractivity contribution in [3.8, 4) is 11.1 Å². The Labute approximate surface area is 142 Å². The number of rotatable bonds is 4. The van der Waals surface area contributed by atoms with Gasteiger partial charge in [0, 0.05) is 13.0 Å². The van der Waals surface area contributed by atoms with E-state index in [-0.39, 0.29) is 6.42 Å². The third kappa shape index (κ3) is 2.73. The van der Waals surface area contributed by atoms with Gasteiger partial charge < -0.3 is 5.11 Å². The summed E-state index contributed by atoms with van der Waals surface area (Å²) in [6.07, 6.45) is 3.39. The molecule has 0 bridgehead atoms. The Balaban J connectivity index is 1.62. The number of aliphatic carboxylic acids is 1. The smallest absolute Gasteiger partial charge is 0.303 e. The molecule has 0 spiro atoms. The second-order valence-electron chi connectivity index (χ2n) is 7.01. The molecule has 24 heavy (non-hydrogen) atoms. The summed E-state index contributed by atoms with van der Waals surface area (Å²) in [6.45, 7) is 2.09. The molecule has 1 aliphatic heterocycles. The summed E-state index contributed by atoms with van der Waals surface area (Å²) in [7, 11) is 0. The Morgan fingerprint density at radius 3 is 2.29 bits per heavy atom. The van der Waals surface area contributed by atoms with Gasteiger partial charge in [-0.3, -0.25) is 9.69 Å². The molecule has 0 aromatic heterocycles. The van der Waals surface area contributed by atoms with Crippen molar-refractivity contribution < 1.29 is 9.90 Å². The molecule has 2 aromatic carbocycles. The highest BCUT2D eigenvalue weighted by molar-refractivity contribution is 5.78. The van der Waals surface area contributed by atoms with Gasteiger partial charge in [-0.2, -0.15) is 0 Å². The van der Waals surface area contributed by atoms with Crippen molar-refractivity contribution in [3.05, 3.63) is 59.7 Å². The number of hydrogen-bond acceptors (Lipinski definition) is 2. The van der Waals surface area contributed by atoms with Crippen molar-refractivity contribution in [3.63, 3.8) is 0 Å². The second-order valence-corrected chi connectivity index (χ2v) is 7.01. The lowest BCUT2D eigenvalue weighted by molar-refractivity contribution is -0.137. The highest BCUT2D eigenvalue weighted by Crippen LogP contribution is 2.47. The molecule has 1 unspecified atom stereocenters. The van der Waals surface area contributed by atoms with Crippen molar-refractivity contribution in [1.29, 1.82) is 0 Å². The number of piperidine rings is 1. The number of carboxylic acid groups (broad SMARTS) is 1. The van der Waals surface area contributed by atoms with E-state index in [0.717, 1.165) is 32.4 Å². The van der Waals surface area contributed by atoms with Crippen molar-refractivity contribution >= 4 is 5.97 Å². The third-order valence-electron chi connectivity index (χ3n) is 5.48. The van der Waals surface area contributed by atoms with E-state index in [2.05, 4.69) is 53.4 Å². The molecule has 1 saturated heterocycles. The summed E-state index contributed by atoms with van der Waals surface area (Å²) >= 11 is 0. The number of fused-ring (bicyclic) bond motifs is 3. The lowest BCUT2D eigenvalue weighted by atomic mass is 9.91. The molecule has 0 saturated carbocycles. The van der Waals surface area contributed by atoms with E-state index in [1.807, 2.05) is 0 Å². The molecule has 0 amide bonds. The molecule has 2 aliphatic rings. The quantitative estimate of drug-likeness (QED) is 0.911. The van der Waals surface area contributed by atoms with Crippen LogP contribution >= 0.6 is 0 Å². The van der Waals surface area contributed by atoms with Gasteiger partial charge in [-0.05, 0) is 54.0 Å². The minimum atomic E-state index is -0.677. The lowest BCUT2D eigenvalue weighted by Gasteiger charge is -2.37. The monoisotopic (exact) mass is 321 g/mol. The largest absolute Gasteiger partial charge is 0.481 e. The Bertz CT molecular complexity index is 710. The van der Waals surface area contributed by atoms with Crippen LogP contribution in [0.3, 0.4) is 0 Å². The SMILES string of the molecule is O=C(O)CCC1CCCN(C2c3ccccc3-c3ccccc32)C1. The van der Waals surface area contributed by atoms with Gasteiger partial charge in [-0.15, -0.1) is 0 Å². The van der Waals surface area contributed by atoms with Crippen LogP contribution in [0.1, 0.15) is 42.9 Å². The van der Waals surface area contributed by atoms with Gasteiger partial charge in [0.15, 0.2) is 0 Å².